The van der Waals surface area contributed by atoms with Crippen molar-refractivity contribution in [3.63, 3.8) is 0 Å². The van der Waals surface area contributed by atoms with Gasteiger partial charge in [-0.05, 0) is 48.6 Å². The number of halogens is 1. The van der Waals surface area contributed by atoms with Gasteiger partial charge in [-0.1, -0.05) is 37.5 Å². The van der Waals surface area contributed by atoms with Gasteiger partial charge < -0.3 is 10.6 Å². The zero-order chi connectivity index (χ0) is 20.9. The van der Waals surface area contributed by atoms with Gasteiger partial charge in [0, 0.05) is 19.3 Å². The number of carbonyl (C=O) groups excluding carboxylic acids is 2. The molecule has 2 aromatic heterocycles. The minimum absolute atomic E-state index is 0.171. The third kappa shape index (κ3) is 4.67. The highest BCUT2D eigenvalue weighted by Crippen LogP contribution is 2.22. The summed E-state index contributed by atoms with van der Waals surface area (Å²) in [6.07, 6.45) is 7.61. The molecular weight excluding hydrogens is 383 g/mol. The Morgan fingerprint density at radius 3 is 2.63 bits per heavy atom. The summed E-state index contributed by atoms with van der Waals surface area (Å²) >= 11 is 0. The smallest absolute Gasteiger partial charge is 0.271 e. The number of benzene rings is 1. The summed E-state index contributed by atoms with van der Waals surface area (Å²) in [5.74, 6) is -0.362. The molecule has 2 heterocycles. The lowest BCUT2D eigenvalue weighted by molar-refractivity contribution is 0.0930. The topological polar surface area (TPSA) is 75.5 Å². The monoisotopic (exact) mass is 408 g/mol. The predicted molar refractivity (Wildman–Crippen MR) is 112 cm³/mol. The number of fused-ring (bicyclic) bond motifs is 1. The Kier molecular flexibility index (Phi) is 6.07. The van der Waals surface area contributed by atoms with Crippen LogP contribution in [-0.4, -0.2) is 27.7 Å². The molecule has 0 spiro atoms. The quantitative estimate of drug-likeness (QED) is 0.653. The van der Waals surface area contributed by atoms with Gasteiger partial charge in [-0.15, -0.1) is 0 Å². The number of hydrogen-bond donors (Lipinski definition) is 2. The number of imidazole rings is 1. The molecule has 0 atom stereocenters. The van der Waals surface area contributed by atoms with Crippen molar-refractivity contribution >= 4 is 17.5 Å². The number of pyridine rings is 1. The van der Waals surface area contributed by atoms with Gasteiger partial charge in [-0.3, -0.25) is 14.0 Å². The van der Waals surface area contributed by atoms with Gasteiger partial charge in [0.05, 0.1) is 0 Å². The van der Waals surface area contributed by atoms with Gasteiger partial charge in [0.25, 0.3) is 11.8 Å². The van der Waals surface area contributed by atoms with Crippen molar-refractivity contribution in [2.45, 2.75) is 38.6 Å². The van der Waals surface area contributed by atoms with Gasteiger partial charge >= 0.3 is 0 Å². The van der Waals surface area contributed by atoms with Crippen molar-refractivity contribution in [1.29, 1.82) is 0 Å². The maximum atomic E-state index is 13.3. The summed E-state index contributed by atoms with van der Waals surface area (Å²) in [6.45, 7) is 0.865. The summed E-state index contributed by atoms with van der Waals surface area (Å²) in [5.41, 5.74) is 1.84. The highest BCUT2D eigenvalue weighted by atomic mass is 19.1. The molecule has 7 heteroatoms. The lowest BCUT2D eigenvalue weighted by Crippen LogP contribution is -2.31. The van der Waals surface area contributed by atoms with Crippen LogP contribution in [0.2, 0.25) is 0 Å². The SMILES string of the molecule is O=C(NCc1cccc(F)c1)c1cn2c(C(=O)NCC3CCCCC3)cccc2n1. The average Bonchev–Trinajstić information content (AvgIpc) is 3.21. The summed E-state index contributed by atoms with van der Waals surface area (Å²) in [7, 11) is 0. The van der Waals surface area contributed by atoms with E-state index in [1.807, 2.05) is 0 Å². The molecule has 1 aliphatic rings. The van der Waals surface area contributed by atoms with Crippen molar-refractivity contribution in [1.82, 2.24) is 20.0 Å². The van der Waals surface area contributed by atoms with Crippen LogP contribution in [0.1, 0.15) is 58.6 Å². The number of carbonyl (C=O) groups is 2. The third-order valence-corrected chi connectivity index (χ3v) is 5.58. The van der Waals surface area contributed by atoms with E-state index in [9.17, 15) is 14.0 Å². The first kappa shape index (κ1) is 20.1. The Morgan fingerprint density at radius 1 is 1.03 bits per heavy atom. The minimum atomic E-state index is -0.378. The second-order valence-corrected chi connectivity index (χ2v) is 7.79. The maximum Gasteiger partial charge on any atom is 0.271 e. The van der Waals surface area contributed by atoms with Crippen molar-refractivity contribution in [2.24, 2.45) is 5.92 Å². The van der Waals surface area contributed by atoms with Gasteiger partial charge in [0.15, 0.2) is 0 Å². The standard InChI is InChI=1S/C23H25FN4O2/c24-18-9-4-8-17(12-18)14-25-22(29)19-15-28-20(10-5-11-21(28)27-19)23(30)26-13-16-6-2-1-3-7-16/h4-5,8-12,15-16H,1-3,6-7,13-14H2,(H,25,29)(H,26,30). The first-order chi connectivity index (χ1) is 14.6. The van der Waals surface area contributed by atoms with Crippen LogP contribution in [0.15, 0.2) is 48.7 Å². The molecule has 1 aliphatic carbocycles. The summed E-state index contributed by atoms with van der Waals surface area (Å²) < 4.78 is 14.9. The number of rotatable bonds is 6. The minimum Gasteiger partial charge on any atom is -0.350 e. The molecule has 0 radical (unpaired) electrons. The molecule has 1 saturated carbocycles. The molecule has 3 aromatic rings. The molecule has 0 saturated heterocycles. The van der Waals surface area contributed by atoms with Crippen LogP contribution >= 0.6 is 0 Å². The molecule has 0 bridgehead atoms. The molecule has 1 fully saturated rings. The first-order valence-electron chi connectivity index (χ1n) is 10.4. The van der Waals surface area contributed by atoms with E-state index in [4.69, 9.17) is 0 Å². The van der Waals surface area contributed by atoms with E-state index in [1.165, 1.54) is 31.4 Å². The first-order valence-corrected chi connectivity index (χ1v) is 10.4. The normalized spacial score (nSPS) is 14.6. The second-order valence-electron chi connectivity index (χ2n) is 7.79. The Morgan fingerprint density at radius 2 is 1.83 bits per heavy atom. The number of hydrogen-bond acceptors (Lipinski definition) is 3. The van der Waals surface area contributed by atoms with E-state index >= 15 is 0 Å². The van der Waals surface area contributed by atoms with E-state index in [-0.39, 0.29) is 29.9 Å². The molecular formula is C23H25FN4O2. The summed E-state index contributed by atoms with van der Waals surface area (Å²) in [6, 6.07) is 11.3. The van der Waals surface area contributed by atoms with Crippen LogP contribution in [0.25, 0.3) is 5.65 Å². The Labute approximate surface area is 174 Å². The Hall–Kier alpha value is -3.22. The fourth-order valence-electron chi connectivity index (χ4n) is 3.94. The number of amides is 2. The van der Waals surface area contributed by atoms with E-state index in [0.717, 1.165) is 12.8 Å². The molecule has 30 heavy (non-hydrogen) atoms. The zero-order valence-electron chi connectivity index (χ0n) is 16.7. The molecule has 2 N–H and O–H groups in total. The van der Waals surface area contributed by atoms with Crippen molar-refractivity contribution in [3.05, 3.63) is 71.4 Å². The highest BCUT2D eigenvalue weighted by molar-refractivity contribution is 5.95. The Balaban J connectivity index is 1.44. The van der Waals surface area contributed by atoms with Crippen molar-refractivity contribution in [3.8, 4) is 0 Å². The molecule has 0 unspecified atom stereocenters. The molecule has 4 rings (SSSR count). The van der Waals surface area contributed by atoms with Crippen molar-refractivity contribution < 1.29 is 14.0 Å². The van der Waals surface area contributed by atoms with E-state index in [0.29, 0.717) is 29.4 Å². The van der Waals surface area contributed by atoms with Gasteiger partial charge in [0.1, 0.15) is 22.9 Å². The lowest BCUT2D eigenvalue weighted by Gasteiger charge is -2.21. The number of nitrogens with one attached hydrogen (secondary N) is 2. The predicted octanol–water partition coefficient (Wildman–Crippen LogP) is 3.71. The summed E-state index contributed by atoms with van der Waals surface area (Å²) in [5, 5.41) is 5.77. The molecule has 6 nitrogen and oxygen atoms in total. The van der Waals surface area contributed by atoms with Crippen LogP contribution in [0.4, 0.5) is 4.39 Å². The number of nitrogens with zero attached hydrogens (tertiary/aromatic N) is 2. The molecule has 2 amide bonds. The fourth-order valence-corrected chi connectivity index (χ4v) is 3.94. The maximum absolute atomic E-state index is 13.3. The second kappa shape index (κ2) is 9.07. The Bertz CT molecular complexity index is 1060. The van der Waals surface area contributed by atoms with Gasteiger partial charge in [-0.2, -0.15) is 0 Å². The third-order valence-electron chi connectivity index (χ3n) is 5.58. The molecule has 156 valence electrons. The van der Waals surface area contributed by atoms with E-state index in [1.54, 1.807) is 40.9 Å². The van der Waals surface area contributed by atoms with Crippen LogP contribution in [-0.2, 0) is 6.54 Å². The molecule has 1 aromatic carbocycles. The van der Waals surface area contributed by atoms with Crippen LogP contribution in [0, 0.1) is 11.7 Å². The van der Waals surface area contributed by atoms with Crippen LogP contribution in [0.5, 0.6) is 0 Å². The average molecular weight is 408 g/mol. The zero-order valence-corrected chi connectivity index (χ0v) is 16.7. The van der Waals surface area contributed by atoms with Gasteiger partial charge in [0.2, 0.25) is 0 Å². The van der Waals surface area contributed by atoms with Crippen LogP contribution < -0.4 is 10.6 Å². The van der Waals surface area contributed by atoms with Gasteiger partial charge in [-0.25, -0.2) is 9.37 Å². The largest absolute Gasteiger partial charge is 0.350 e. The van der Waals surface area contributed by atoms with Crippen LogP contribution in [0.3, 0.4) is 0 Å². The van der Waals surface area contributed by atoms with E-state index < -0.39 is 0 Å². The molecule has 0 aliphatic heterocycles. The number of aromatic nitrogens is 2. The van der Waals surface area contributed by atoms with E-state index in [2.05, 4.69) is 15.6 Å². The summed E-state index contributed by atoms with van der Waals surface area (Å²) in [4.78, 5) is 29.6. The lowest BCUT2D eigenvalue weighted by atomic mass is 9.89. The fraction of sp³-hybridized carbons (Fsp3) is 0.348. The van der Waals surface area contributed by atoms with Crippen molar-refractivity contribution in [2.75, 3.05) is 6.54 Å². The highest BCUT2D eigenvalue weighted by Gasteiger charge is 2.18.